The van der Waals surface area contributed by atoms with E-state index in [0.29, 0.717) is 6.61 Å². The molecule has 1 heterocycles. The summed E-state index contributed by atoms with van der Waals surface area (Å²) in [6.07, 6.45) is -0.321. The van der Waals surface area contributed by atoms with Crippen LogP contribution in [0.1, 0.15) is 42.1 Å². The zero-order valence-corrected chi connectivity index (χ0v) is 11.8. The van der Waals surface area contributed by atoms with Gasteiger partial charge in [-0.2, -0.15) is 0 Å². The molecule has 18 heavy (non-hydrogen) atoms. The van der Waals surface area contributed by atoms with E-state index in [2.05, 4.69) is 52.1 Å². The van der Waals surface area contributed by atoms with Gasteiger partial charge in [-0.3, -0.25) is 0 Å². The first kappa shape index (κ1) is 12.9. The smallest absolute Gasteiger partial charge is 0.407 e. The fourth-order valence-corrected chi connectivity index (χ4v) is 2.80. The fraction of sp³-hybridized carbons (Fsp3) is 0.533. The summed E-state index contributed by atoms with van der Waals surface area (Å²) in [7, 11) is 0. The summed E-state index contributed by atoms with van der Waals surface area (Å²) >= 11 is 0. The van der Waals surface area contributed by atoms with E-state index in [1.54, 1.807) is 0 Å². The van der Waals surface area contributed by atoms with Crippen molar-refractivity contribution >= 4 is 6.09 Å². The zero-order valence-electron chi connectivity index (χ0n) is 11.8. The molecule has 3 nitrogen and oxygen atoms in total. The molecular weight excluding hydrogens is 226 g/mol. The fourth-order valence-electron chi connectivity index (χ4n) is 2.80. The Hall–Kier alpha value is -1.51. The van der Waals surface area contributed by atoms with Crippen LogP contribution in [0.15, 0.2) is 12.1 Å². The van der Waals surface area contributed by atoms with E-state index in [0.717, 1.165) is 0 Å². The van der Waals surface area contributed by atoms with Crippen LogP contribution in [-0.2, 0) is 4.74 Å². The molecule has 1 aliphatic rings. The van der Waals surface area contributed by atoms with Crippen molar-refractivity contribution in [3.8, 4) is 0 Å². The van der Waals surface area contributed by atoms with Gasteiger partial charge in [0.25, 0.3) is 0 Å². The van der Waals surface area contributed by atoms with Gasteiger partial charge >= 0.3 is 6.09 Å². The third-order valence-electron chi connectivity index (χ3n) is 3.65. The predicted molar refractivity (Wildman–Crippen MR) is 71.7 cm³/mol. The van der Waals surface area contributed by atoms with Crippen LogP contribution in [0, 0.1) is 26.2 Å². The number of amides is 1. The zero-order chi connectivity index (χ0) is 13.5. The number of alkyl carbamates (subject to hydrolysis) is 1. The topological polar surface area (TPSA) is 38.3 Å². The molecule has 0 aliphatic carbocycles. The molecule has 0 radical (unpaired) electrons. The summed E-state index contributed by atoms with van der Waals surface area (Å²) in [5, 5.41) is 2.96. The van der Waals surface area contributed by atoms with E-state index in [4.69, 9.17) is 4.74 Å². The number of nitrogens with one attached hydrogen (secondary N) is 1. The Bertz CT molecular complexity index is 468. The number of rotatable bonds is 1. The quantitative estimate of drug-likeness (QED) is 0.825. The van der Waals surface area contributed by atoms with Crippen molar-refractivity contribution in [3.63, 3.8) is 0 Å². The highest BCUT2D eigenvalue weighted by Gasteiger charge is 2.39. The Kier molecular flexibility index (Phi) is 3.09. The monoisotopic (exact) mass is 247 g/mol. The van der Waals surface area contributed by atoms with Crippen molar-refractivity contribution in [1.82, 2.24) is 5.32 Å². The number of benzene rings is 1. The number of carbonyl (C=O) groups is 1. The highest BCUT2D eigenvalue weighted by atomic mass is 16.6. The van der Waals surface area contributed by atoms with E-state index in [9.17, 15) is 4.79 Å². The molecule has 98 valence electrons. The van der Waals surface area contributed by atoms with Crippen molar-refractivity contribution in [2.45, 2.75) is 40.7 Å². The van der Waals surface area contributed by atoms with Crippen LogP contribution in [0.2, 0.25) is 0 Å². The molecule has 0 spiro atoms. The van der Waals surface area contributed by atoms with Crippen molar-refractivity contribution < 1.29 is 9.53 Å². The highest BCUT2D eigenvalue weighted by molar-refractivity contribution is 5.69. The second-order valence-corrected chi connectivity index (χ2v) is 5.95. The lowest BCUT2D eigenvalue weighted by Crippen LogP contribution is -2.47. The number of ether oxygens (including phenoxy) is 1. The molecule has 1 N–H and O–H groups in total. The Balaban J connectivity index is 2.49. The summed E-state index contributed by atoms with van der Waals surface area (Å²) in [5.74, 6) is 0. The maximum absolute atomic E-state index is 11.5. The van der Waals surface area contributed by atoms with Gasteiger partial charge in [0, 0.05) is 5.41 Å². The molecule has 2 rings (SSSR count). The maximum atomic E-state index is 11.5. The molecule has 0 saturated carbocycles. The van der Waals surface area contributed by atoms with Crippen LogP contribution >= 0.6 is 0 Å². The second kappa shape index (κ2) is 4.30. The first-order valence-electron chi connectivity index (χ1n) is 6.32. The normalized spacial score (nSPS) is 22.3. The maximum Gasteiger partial charge on any atom is 0.407 e. The molecule has 1 atom stereocenters. The van der Waals surface area contributed by atoms with Gasteiger partial charge in [0.1, 0.15) is 6.61 Å². The summed E-state index contributed by atoms with van der Waals surface area (Å²) < 4.78 is 5.10. The van der Waals surface area contributed by atoms with E-state index >= 15 is 0 Å². The Morgan fingerprint density at radius 3 is 2.33 bits per heavy atom. The lowest BCUT2D eigenvalue weighted by molar-refractivity contribution is 0.0384. The predicted octanol–water partition coefficient (Wildman–Crippen LogP) is 3.42. The molecule has 1 saturated heterocycles. The molecule has 1 aromatic rings. The number of hydrogen-bond donors (Lipinski definition) is 1. The molecule has 1 aromatic carbocycles. The lowest BCUT2D eigenvalue weighted by Gasteiger charge is -2.40. The van der Waals surface area contributed by atoms with E-state index in [1.807, 2.05) is 0 Å². The standard InChI is InChI=1S/C15H21NO2/c1-9-6-10(2)12(11(3)7-9)13-15(4,5)8-18-14(17)16-13/h6-7,13H,8H2,1-5H3,(H,16,17)/t13-/m1/s1. The van der Waals surface area contributed by atoms with Gasteiger partial charge in [-0.1, -0.05) is 31.5 Å². The minimum Gasteiger partial charge on any atom is -0.449 e. The number of carbonyl (C=O) groups excluding carboxylic acids is 1. The largest absolute Gasteiger partial charge is 0.449 e. The van der Waals surface area contributed by atoms with Crippen molar-refractivity contribution in [2.24, 2.45) is 5.41 Å². The number of hydrogen-bond acceptors (Lipinski definition) is 2. The molecule has 0 aromatic heterocycles. The lowest BCUT2D eigenvalue weighted by atomic mass is 9.77. The van der Waals surface area contributed by atoms with Crippen molar-refractivity contribution in [2.75, 3.05) is 6.61 Å². The van der Waals surface area contributed by atoms with Gasteiger partial charge in [-0.05, 0) is 37.5 Å². The number of aryl methyl sites for hydroxylation is 3. The van der Waals surface area contributed by atoms with Gasteiger partial charge in [-0.15, -0.1) is 0 Å². The summed E-state index contributed by atoms with van der Waals surface area (Å²) in [6.45, 7) is 11.0. The molecule has 0 bridgehead atoms. The first-order valence-corrected chi connectivity index (χ1v) is 6.32. The van der Waals surface area contributed by atoms with Gasteiger partial charge in [0.05, 0.1) is 6.04 Å². The van der Waals surface area contributed by atoms with Gasteiger partial charge in [-0.25, -0.2) is 4.79 Å². The highest BCUT2D eigenvalue weighted by Crippen LogP contribution is 2.39. The van der Waals surface area contributed by atoms with Crippen LogP contribution in [0.5, 0.6) is 0 Å². The van der Waals surface area contributed by atoms with Crippen molar-refractivity contribution in [3.05, 3.63) is 34.4 Å². The van der Waals surface area contributed by atoms with Gasteiger partial charge in [0.2, 0.25) is 0 Å². The van der Waals surface area contributed by atoms with Crippen LogP contribution in [-0.4, -0.2) is 12.7 Å². The summed E-state index contributed by atoms with van der Waals surface area (Å²) in [4.78, 5) is 11.5. The van der Waals surface area contributed by atoms with Crippen LogP contribution < -0.4 is 5.32 Å². The molecule has 1 aliphatic heterocycles. The molecule has 1 amide bonds. The van der Waals surface area contributed by atoms with Gasteiger partial charge < -0.3 is 10.1 Å². The minimum absolute atomic E-state index is 0.0133. The van der Waals surface area contributed by atoms with Gasteiger partial charge in [0.15, 0.2) is 0 Å². The first-order chi connectivity index (χ1) is 8.31. The van der Waals surface area contributed by atoms with Crippen LogP contribution in [0.4, 0.5) is 4.79 Å². The second-order valence-electron chi connectivity index (χ2n) is 5.95. The third kappa shape index (κ3) is 2.22. The molecule has 1 fully saturated rings. The third-order valence-corrected chi connectivity index (χ3v) is 3.65. The Morgan fingerprint density at radius 1 is 1.22 bits per heavy atom. The molecular formula is C15H21NO2. The average Bonchev–Trinajstić information content (AvgIpc) is 2.22. The Morgan fingerprint density at radius 2 is 1.78 bits per heavy atom. The molecule has 3 heteroatoms. The minimum atomic E-state index is -0.321. The van der Waals surface area contributed by atoms with Crippen molar-refractivity contribution in [1.29, 1.82) is 0 Å². The summed E-state index contributed by atoms with van der Waals surface area (Å²) in [5.41, 5.74) is 4.84. The van der Waals surface area contributed by atoms with Crippen LogP contribution in [0.3, 0.4) is 0 Å². The van der Waals surface area contributed by atoms with E-state index in [-0.39, 0.29) is 17.6 Å². The number of cyclic esters (lactones) is 1. The molecule has 0 unspecified atom stereocenters. The Labute approximate surface area is 109 Å². The average molecular weight is 247 g/mol. The summed E-state index contributed by atoms with van der Waals surface area (Å²) in [6, 6.07) is 4.35. The SMILES string of the molecule is Cc1cc(C)c([C@H]2NC(=O)OCC2(C)C)c(C)c1. The van der Waals surface area contributed by atoms with E-state index < -0.39 is 0 Å². The van der Waals surface area contributed by atoms with E-state index in [1.165, 1.54) is 22.3 Å². The van der Waals surface area contributed by atoms with Crippen LogP contribution in [0.25, 0.3) is 0 Å².